The van der Waals surface area contributed by atoms with E-state index < -0.39 is 0 Å². The SMILES string of the molecule is CCNC(=NCc1cnn(-c2ccccc2)c1)NCC1CCCO1. The van der Waals surface area contributed by atoms with E-state index in [2.05, 4.69) is 27.6 Å². The molecule has 1 saturated heterocycles. The van der Waals surface area contributed by atoms with Crippen molar-refractivity contribution in [1.29, 1.82) is 0 Å². The fourth-order valence-electron chi connectivity index (χ4n) is 2.69. The van der Waals surface area contributed by atoms with Gasteiger partial charge in [-0.1, -0.05) is 18.2 Å². The van der Waals surface area contributed by atoms with Crippen LogP contribution in [0.2, 0.25) is 0 Å². The lowest BCUT2D eigenvalue weighted by atomic mass is 10.2. The lowest BCUT2D eigenvalue weighted by Crippen LogP contribution is -2.41. The van der Waals surface area contributed by atoms with Crippen LogP contribution in [0.1, 0.15) is 25.3 Å². The quantitative estimate of drug-likeness (QED) is 0.630. The minimum atomic E-state index is 0.301. The molecule has 1 aromatic heterocycles. The first-order chi connectivity index (χ1) is 11.8. The first kappa shape index (κ1) is 16.5. The summed E-state index contributed by atoms with van der Waals surface area (Å²) in [4.78, 5) is 4.64. The van der Waals surface area contributed by atoms with Crippen molar-refractivity contribution < 1.29 is 4.74 Å². The van der Waals surface area contributed by atoms with Gasteiger partial charge in [0.15, 0.2) is 5.96 Å². The Labute approximate surface area is 142 Å². The summed E-state index contributed by atoms with van der Waals surface area (Å²) in [6, 6.07) is 10.1. The zero-order valence-corrected chi connectivity index (χ0v) is 14.1. The van der Waals surface area contributed by atoms with Gasteiger partial charge in [0.25, 0.3) is 0 Å². The average Bonchev–Trinajstić information content (AvgIpc) is 3.30. The second-order valence-corrected chi connectivity index (χ2v) is 5.84. The van der Waals surface area contributed by atoms with Crippen LogP contribution in [0.15, 0.2) is 47.7 Å². The molecule has 1 aromatic carbocycles. The second kappa shape index (κ2) is 8.49. The van der Waals surface area contributed by atoms with Crippen LogP contribution in [0.4, 0.5) is 0 Å². The Hall–Kier alpha value is -2.34. The lowest BCUT2D eigenvalue weighted by molar-refractivity contribution is 0.114. The summed E-state index contributed by atoms with van der Waals surface area (Å²) >= 11 is 0. The minimum absolute atomic E-state index is 0.301. The van der Waals surface area contributed by atoms with Crippen LogP contribution >= 0.6 is 0 Å². The molecular formula is C18H25N5O. The molecule has 1 fully saturated rings. The van der Waals surface area contributed by atoms with Crippen molar-refractivity contribution in [2.45, 2.75) is 32.4 Å². The van der Waals surface area contributed by atoms with Crippen molar-refractivity contribution in [3.8, 4) is 5.69 Å². The van der Waals surface area contributed by atoms with Crippen molar-refractivity contribution in [1.82, 2.24) is 20.4 Å². The maximum atomic E-state index is 5.64. The van der Waals surface area contributed by atoms with Crippen molar-refractivity contribution in [2.75, 3.05) is 19.7 Å². The number of aliphatic imine (C=N–C) groups is 1. The topological polar surface area (TPSA) is 63.5 Å². The van der Waals surface area contributed by atoms with E-state index >= 15 is 0 Å². The zero-order valence-electron chi connectivity index (χ0n) is 14.1. The number of ether oxygens (including phenoxy) is 1. The fraction of sp³-hybridized carbons (Fsp3) is 0.444. The highest BCUT2D eigenvalue weighted by molar-refractivity contribution is 5.79. The number of rotatable bonds is 6. The average molecular weight is 327 g/mol. The number of para-hydroxylation sites is 1. The van der Waals surface area contributed by atoms with Gasteiger partial charge in [0.05, 0.1) is 24.5 Å². The molecule has 24 heavy (non-hydrogen) atoms. The summed E-state index contributed by atoms with van der Waals surface area (Å²) in [5, 5.41) is 11.0. The number of nitrogens with zero attached hydrogens (tertiary/aromatic N) is 3. The van der Waals surface area contributed by atoms with E-state index in [1.165, 1.54) is 0 Å². The van der Waals surface area contributed by atoms with E-state index in [1.54, 1.807) is 0 Å². The summed E-state index contributed by atoms with van der Waals surface area (Å²) in [5.41, 5.74) is 2.13. The molecule has 6 heteroatoms. The van der Waals surface area contributed by atoms with E-state index in [0.717, 1.165) is 49.7 Å². The van der Waals surface area contributed by atoms with Gasteiger partial charge in [-0.05, 0) is 31.9 Å². The standard InChI is InChI=1S/C18H25N5O/c1-2-19-18(21-13-17-9-6-10-24-17)20-11-15-12-22-23(14-15)16-7-4-3-5-8-16/h3-5,7-8,12,14,17H,2,6,9-11,13H2,1H3,(H2,19,20,21). The predicted octanol–water partition coefficient (Wildman–Crippen LogP) is 2.11. The van der Waals surface area contributed by atoms with Crippen LogP contribution in [-0.2, 0) is 11.3 Å². The Bertz CT molecular complexity index is 646. The third-order valence-electron chi connectivity index (χ3n) is 3.94. The molecular weight excluding hydrogens is 302 g/mol. The van der Waals surface area contributed by atoms with E-state index in [9.17, 15) is 0 Å². The summed E-state index contributed by atoms with van der Waals surface area (Å²) in [5.74, 6) is 0.820. The first-order valence-corrected chi connectivity index (χ1v) is 8.58. The number of guanidine groups is 1. The lowest BCUT2D eigenvalue weighted by Gasteiger charge is -2.14. The number of hydrogen-bond acceptors (Lipinski definition) is 3. The van der Waals surface area contributed by atoms with Gasteiger partial charge in [0.2, 0.25) is 0 Å². The van der Waals surface area contributed by atoms with E-state index in [-0.39, 0.29) is 0 Å². The molecule has 0 spiro atoms. The molecule has 1 unspecified atom stereocenters. The Morgan fingerprint density at radius 3 is 2.96 bits per heavy atom. The third kappa shape index (κ3) is 4.58. The van der Waals surface area contributed by atoms with Gasteiger partial charge >= 0.3 is 0 Å². The molecule has 3 rings (SSSR count). The normalized spacial score (nSPS) is 17.9. The fourth-order valence-corrected chi connectivity index (χ4v) is 2.69. The predicted molar refractivity (Wildman–Crippen MR) is 95.4 cm³/mol. The first-order valence-electron chi connectivity index (χ1n) is 8.58. The molecule has 128 valence electrons. The number of hydrogen-bond donors (Lipinski definition) is 2. The molecule has 1 atom stereocenters. The summed E-state index contributed by atoms with van der Waals surface area (Å²) in [7, 11) is 0. The molecule has 0 amide bonds. The molecule has 0 bridgehead atoms. The van der Waals surface area contributed by atoms with Crippen molar-refractivity contribution in [3.63, 3.8) is 0 Å². The Kier molecular flexibility index (Phi) is 5.85. The summed E-state index contributed by atoms with van der Waals surface area (Å²) in [6.07, 6.45) is 6.45. The van der Waals surface area contributed by atoms with Crippen molar-refractivity contribution in [3.05, 3.63) is 48.3 Å². The van der Waals surface area contributed by atoms with Gasteiger partial charge in [-0.15, -0.1) is 0 Å². The molecule has 2 N–H and O–H groups in total. The van der Waals surface area contributed by atoms with Crippen molar-refractivity contribution >= 4 is 5.96 Å². The number of aromatic nitrogens is 2. The number of nitrogens with one attached hydrogen (secondary N) is 2. The minimum Gasteiger partial charge on any atom is -0.376 e. The molecule has 0 aliphatic carbocycles. The largest absolute Gasteiger partial charge is 0.376 e. The van der Waals surface area contributed by atoms with E-state index in [1.807, 2.05) is 47.4 Å². The van der Waals surface area contributed by atoms with Crippen LogP contribution in [0.3, 0.4) is 0 Å². The molecule has 2 aromatic rings. The molecule has 1 aliphatic rings. The number of benzene rings is 1. The monoisotopic (exact) mass is 327 g/mol. The molecule has 6 nitrogen and oxygen atoms in total. The smallest absolute Gasteiger partial charge is 0.191 e. The highest BCUT2D eigenvalue weighted by Crippen LogP contribution is 2.11. The van der Waals surface area contributed by atoms with Gasteiger partial charge in [-0.25, -0.2) is 9.67 Å². The highest BCUT2D eigenvalue weighted by Gasteiger charge is 2.15. The molecule has 1 aliphatic heterocycles. The van der Waals surface area contributed by atoms with Gasteiger partial charge in [-0.2, -0.15) is 5.10 Å². The zero-order chi connectivity index (χ0) is 16.6. The summed E-state index contributed by atoms with van der Waals surface area (Å²) < 4.78 is 7.51. The summed E-state index contributed by atoms with van der Waals surface area (Å²) in [6.45, 7) is 5.17. The maximum absolute atomic E-state index is 5.64. The Morgan fingerprint density at radius 1 is 1.33 bits per heavy atom. The van der Waals surface area contributed by atoms with Crippen LogP contribution in [0.25, 0.3) is 5.69 Å². The van der Waals surface area contributed by atoms with Crippen LogP contribution in [-0.4, -0.2) is 41.5 Å². The maximum Gasteiger partial charge on any atom is 0.191 e. The van der Waals surface area contributed by atoms with Gasteiger partial charge in [-0.3, -0.25) is 0 Å². The highest BCUT2D eigenvalue weighted by atomic mass is 16.5. The molecule has 0 radical (unpaired) electrons. The second-order valence-electron chi connectivity index (χ2n) is 5.84. The third-order valence-corrected chi connectivity index (χ3v) is 3.94. The van der Waals surface area contributed by atoms with Gasteiger partial charge in [0.1, 0.15) is 0 Å². The van der Waals surface area contributed by atoms with Crippen molar-refractivity contribution in [2.24, 2.45) is 4.99 Å². The van der Waals surface area contributed by atoms with E-state index in [4.69, 9.17) is 4.74 Å². The molecule has 2 heterocycles. The van der Waals surface area contributed by atoms with Crippen LogP contribution in [0.5, 0.6) is 0 Å². The van der Waals surface area contributed by atoms with E-state index in [0.29, 0.717) is 12.6 Å². The van der Waals surface area contributed by atoms with Gasteiger partial charge < -0.3 is 15.4 Å². The van der Waals surface area contributed by atoms with Crippen LogP contribution < -0.4 is 10.6 Å². The Morgan fingerprint density at radius 2 is 2.21 bits per heavy atom. The van der Waals surface area contributed by atoms with Crippen LogP contribution in [0, 0.1) is 0 Å². The van der Waals surface area contributed by atoms with Gasteiger partial charge in [0, 0.05) is 31.5 Å². The Balaban J connectivity index is 1.58. The molecule has 0 saturated carbocycles.